The Morgan fingerprint density at radius 3 is 2.13 bits per heavy atom. The minimum absolute atomic E-state index is 0.0315. The average molecular weight is 375 g/mol. The van der Waals surface area contributed by atoms with Gasteiger partial charge in [0.05, 0.1) is 9.79 Å². The number of hydrogen-bond donors (Lipinski definition) is 2. The molecule has 23 heavy (non-hydrogen) atoms. The Morgan fingerprint density at radius 1 is 0.957 bits per heavy atom. The van der Waals surface area contributed by atoms with Crippen LogP contribution in [0.2, 0.25) is 5.02 Å². The number of hydrogen-bond acceptors (Lipinski definition) is 4. The molecule has 2 aromatic rings. The quantitative estimate of drug-likeness (QED) is 0.799. The number of rotatable bonds is 6. The molecule has 0 bridgehead atoms. The maximum atomic E-state index is 12.1. The summed E-state index contributed by atoms with van der Waals surface area (Å²) >= 11 is 5.86. The lowest BCUT2D eigenvalue weighted by molar-refractivity contribution is 0.580. The van der Waals surface area contributed by atoms with Gasteiger partial charge in [0.1, 0.15) is 0 Å². The first-order chi connectivity index (χ1) is 10.7. The van der Waals surface area contributed by atoms with Crippen molar-refractivity contribution in [2.45, 2.75) is 16.2 Å². The molecule has 3 N–H and O–H groups in total. The van der Waals surface area contributed by atoms with Crippen LogP contribution in [0, 0.1) is 0 Å². The maximum Gasteiger partial charge on any atom is 0.240 e. The van der Waals surface area contributed by atoms with Crippen molar-refractivity contribution in [3.8, 4) is 0 Å². The molecule has 0 heterocycles. The SMILES string of the molecule is NS(=O)(=O)c1ccc(S(=O)(=O)NCCc2cccc(Cl)c2)cc1. The number of benzene rings is 2. The van der Waals surface area contributed by atoms with Crippen molar-refractivity contribution in [1.29, 1.82) is 0 Å². The molecule has 6 nitrogen and oxygen atoms in total. The van der Waals surface area contributed by atoms with Crippen molar-refractivity contribution in [2.75, 3.05) is 6.54 Å². The average Bonchev–Trinajstić information content (AvgIpc) is 2.46. The highest BCUT2D eigenvalue weighted by atomic mass is 35.5. The summed E-state index contributed by atoms with van der Waals surface area (Å²) in [5, 5.41) is 5.56. The summed E-state index contributed by atoms with van der Waals surface area (Å²) in [6.45, 7) is 0.194. The van der Waals surface area contributed by atoms with Crippen molar-refractivity contribution < 1.29 is 16.8 Å². The molecule has 124 valence electrons. The fourth-order valence-electron chi connectivity index (χ4n) is 1.91. The van der Waals surface area contributed by atoms with E-state index in [0.717, 1.165) is 17.7 Å². The van der Waals surface area contributed by atoms with E-state index in [1.165, 1.54) is 12.1 Å². The fourth-order valence-corrected chi connectivity index (χ4v) is 3.67. The van der Waals surface area contributed by atoms with Gasteiger partial charge in [0.2, 0.25) is 20.0 Å². The number of nitrogens with two attached hydrogens (primary N) is 1. The van der Waals surface area contributed by atoms with Gasteiger partial charge in [-0.25, -0.2) is 26.7 Å². The Hall–Kier alpha value is -1.45. The lowest BCUT2D eigenvalue weighted by Crippen LogP contribution is -2.26. The molecule has 0 saturated carbocycles. The van der Waals surface area contributed by atoms with Gasteiger partial charge in [-0.05, 0) is 48.4 Å². The molecule has 0 saturated heterocycles. The summed E-state index contributed by atoms with van der Waals surface area (Å²) in [4.78, 5) is -0.175. The van der Waals surface area contributed by atoms with Gasteiger partial charge in [0.25, 0.3) is 0 Å². The molecule has 0 spiro atoms. The third-order valence-electron chi connectivity index (χ3n) is 3.06. The molecule has 0 aromatic heterocycles. The minimum Gasteiger partial charge on any atom is -0.225 e. The first kappa shape index (κ1) is 17.9. The van der Waals surface area contributed by atoms with E-state index in [1.54, 1.807) is 18.2 Å². The van der Waals surface area contributed by atoms with Gasteiger partial charge >= 0.3 is 0 Å². The topological polar surface area (TPSA) is 106 Å². The summed E-state index contributed by atoms with van der Waals surface area (Å²) < 4.78 is 49.0. The zero-order chi connectivity index (χ0) is 17.1. The van der Waals surface area contributed by atoms with Crippen molar-refractivity contribution in [3.63, 3.8) is 0 Å². The van der Waals surface area contributed by atoms with Gasteiger partial charge in [-0.3, -0.25) is 0 Å². The number of nitrogens with one attached hydrogen (secondary N) is 1. The van der Waals surface area contributed by atoms with E-state index < -0.39 is 20.0 Å². The molecule has 2 rings (SSSR count). The van der Waals surface area contributed by atoms with Crippen molar-refractivity contribution in [3.05, 3.63) is 59.1 Å². The molecule has 0 amide bonds. The monoisotopic (exact) mass is 374 g/mol. The molecule has 9 heteroatoms. The minimum atomic E-state index is -3.85. The zero-order valence-electron chi connectivity index (χ0n) is 11.9. The molecule has 2 aromatic carbocycles. The largest absolute Gasteiger partial charge is 0.240 e. The van der Waals surface area contributed by atoms with E-state index in [4.69, 9.17) is 16.7 Å². The van der Waals surface area contributed by atoms with Crippen LogP contribution in [-0.2, 0) is 26.5 Å². The molecule has 0 aliphatic rings. The van der Waals surface area contributed by atoms with Crippen LogP contribution in [0.25, 0.3) is 0 Å². The van der Waals surface area contributed by atoms with Crippen LogP contribution < -0.4 is 9.86 Å². The second-order valence-electron chi connectivity index (χ2n) is 4.79. The Balaban J connectivity index is 2.04. The number of primary sulfonamides is 1. The molecule has 0 aliphatic carbocycles. The normalized spacial score (nSPS) is 12.3. The molecule has 0 aliphatic heterocycles. The smallest absolute Gasteiger partial charge is 0.225 e. The number of halogens is 1. The third-order valence-corrected chi connectivity index (χ3v) is 5.70. The second-order valence-corrected chi connectivity index (χ2v) is 8.56. The van der Waals surface area contributed by atoms with Gasteiger partial charge in [-0.2, -0.15) is 0 Å². The van der Waals surface area contributed by atoms with Crippen molar-refractivity contribution in [1.82, 2.24) is 4.72 Å². The van der Waals surface area contributed by atoms with Crippen LogP contribution in [0.3, 0.4) is 0 Å². The van der Waals surface area contributed by atoms with E-state index >= 15 is 0 Å². The standard InChI is InChI=1S/C14H15ClN2O4S2/c15-12-3-1-2-11(10-12)8-9-17-23(20,21)14-6-4-13(5-7-14)22(16,18)19/h1-7,10,17H,8-9H2,(H2,16,18,19). The van der Waals surface area contributed by atoms with Crippen LogP contribution in [-0.4, -0.2) is 23.4 Å². The van der Waals surface area contributed by atoms with E-state index in [-0.39, 0.29) is 16.3 Å². The second kappa shape index (κ2) is 6.98. The predicted molar refractivity (Wildman–Crippen MR) is 88.2 cm³/mol. The highest BCUT2D eigenvalue weighted by Crippen LogP contribution is 2.14. The van der Waals surface area contributed by atoms with E-state index in [2.05, 4.69) is 4.72 Å². The summed E-state index contributed by atoms with van der Waals surface area (Å²) in [5.41, 5.74) is 0.907. The van der Waals surface area contributed by atoms with Crippen LogP contribution in [0.4, 0.5) is 0 Å². The lowest BCUT2D eigenvalue weighted by Gasteiger charge is -2.07. The highest BCUT2D eigenvalue weighted by molar-refractivity contribution is 7.89. The van der Waals surface area contributed by atoms with Crippen LogP contribution in [0.5, 0.6) is 0 Å². The van der Waals surface area contributed by atoms with E-state index in [1.807, 2.05) is 6.07 Å². The number of sulfonamides is 2. The predicted octanol–water partition coefficient (Wildman–Crippen LogP) is 1.51. The Labute approximate surface area is 140 Å². The van der Waals surface area contributed by atoms with E-state index in [9.17, 15) is 16.8 Å². The third kappa shape index (κ3) is 5.02. The zero-order valence-corrected chi connectivity index (χ0v) is 14.3. The van der Waals surface area contributed by atoms with Crippen molar-refractivity contribution >= 4 is 31.6 Å². The highest BCUT2D eigenvalue weighted by Gasteiger charge is 2.15. The molecule has 0 fully saturated rings. The van der Waals surface area contributed by atoms with Gasteiger partial charge < -0.3 is 0 Å². The molecule has 0 atom stereocenters. The van der Waals surface area contributed by atoms with Gasteiger partial charge in [-0.1, -0.05) is 23.7 Å². The Morgan fingerprint density at radius 2 is 1.57 bits per heavy atom. The first-order valence-corrected chi connectivity index (χ1v) is 9.96. The van der Waals surface area contributed by atoms with Crippen LogP contribution in [0.15, 0.2) is 58.3 Å². The molecular weight excluding hydrogens is 360 g/mol. The molecular formula is C14H15ClN2O4S2. The first-order valence-electron chi connectivity index (χ1n) is 6.55. The maximum absolute atomic E-state index is 12.1. The van der Waals surface area contributed by atoms with Gasteiger partial charge in [0, 0.05) is 11.6 Å². The van der Waals surface area contributed by atoms with Gasteiger partial charge in [0.15, 0.2) is 0 Å². The molecule has 0 radical (unpaired) electrons. The molecule has 0 unspecified atom stereocenters. The van der Waals surface area contributed by atoms with Gasteiger partial charge in [-0.15, -0.1) is 0 Å². The van der Waals surface area contributed by atoms with Crippen molar-refractivity contribution in [2.24, 2.45) is 5.14 Å². The fraction of sp³-hybridized carbons (Fsp3) is 0.143. The Kier molecular flexibility index (Phi) is 5.43. The van der Waals surface area contributed by atoms with Crippen LogP contribution in [0.1, 0.15) is 5.56 Å². The summed E-state index contributed by atoms with van der Waals surface area (Å²) in [7, 11) is -7.57. The lowest BCUT2D eigenvalue weighted by atomic mass is 10.2. The summed E-state index contributed by atoms with van der Waals surface area (Å²) in [5.74, 6) is 0. The van der Waals surface area contributed by atoms with Crippen LogP contribution >= 0.6 is 11.6 Å². The summed E-state index contributed by atoms with van der Waals surface area (Å²) in [6.07, 6.45) is 0.481. The van der Waals surface area contributed by atoms with E-state index in [0.29, 0.717) is 11.4 Å². The Bertz CT molecular complexity index is 895. The summed E-state index contributed by atoms with van der Waals surface area (Å²) in [6, 6.07) is 11.8.